The fourth-order valence-corrected chi connectivity index (χ4v) is 4.84. The Morgan fingerprint density at radius 2 is 1.69 bits per heavy atom. The van der Waals surface area contributed by atoms with Gasteiger partial charge in [-0.3, -0.25) is 9.59 Å². The van der Waals surface area contributed by atoms with E-state index in [9.17, 15) is 14.4 Å². The first-order valence-electron chi connectivity index (χ1n) is 12.1. The first kappa shape index (κ1) is 24.7. The molecule has 0 aromatic heterocycles. The Labute approximate surface area is 205 Å². The molecule has 4 rings (SSSR count). The highest BCUT2D eigenvalue weighted by Gasteiger charge is 2.32. The largest absolute Gasteiger partial charge is 0.481 e. The molecule has 3 N–H and O–H groups in total. The summed E-state index contributed by atoms with van der Waals surface area (Å²) in [5, 5.41) is 14.6. The van der Waals surface area contributed by atoms with Crippen LogP contribution in [-0.4, -0.2) is 55.0 Å². The van der Waals surface area contributed by atoms with Crippen molar-refractivity contribution in [3.63, 3.8) is 0 Å². The highest BCUT2D eigenvalue weighted by molar-refractivity contribution is 5.85. The van der Waals surface area contributed by atoms with E-state index in [-0.39, 0.29) is 43.6 Å². The average molecular weight is 481 g/mol. The second-order valence-corrected chi connectivity index (χ2v) is 9.62. The first-order chi connectivity index (χ1) is 16.8. The molecule has 2 aromatic rings. The Bertz CT molecular complexity index is 1040. The molecule has 0 unspecified atom stereocenters. The zero-order valence-electron chi connectivity index (χ0n) is 20.0. The number of alkyl carbamates (subject to hydrolysis) is 1. The molecule has 8 nitrogen and oxygen atoms in total. The molecule has 0 bridgehead atoms. The number of rotatable bonds is 9. The average Bonchev–Trinajstić information content (AvgIpc) is 3.44. The van der Waals surface area contributed by atoms with E-state index in [2.05, 4.69) is 34.9 Å². The zero-order valence-corrected chi connectivity index (χ0v) is 20.0. The second-order valence-electron chi connectivity index (χ2n) is 9.62. The lowest BCUT2D eigenvalue weighted by Gasteiger charge is -2.22. The number of nitrogens with one attached hydrogen (secondary N) is 2. The fourth-order valence-electron chi connectivity index (χ4n) is 4.84. The van der Waals surface area contributed by atoms with Crippen LogP contribution in [0.1, 0.15) is 43.7 Å². The quantitative estimate of drug-likeness (QED) is 0.506. The maximum Gasteiger partial charge on any atom is 0.407 e. The van der Waals surface area contributed by atoms with Crippen LogP contribution in [-0.2, 0) is 19.1 Å². The number of carboxylic acid groups (broad SMARTS) is 1. The topological polar surface area (TPSA) is 114 Å². The summed E-state index contributed by atoms with van der Waals surface area (Å²) in [6.07, 6.45) is -0.200. The van der Waals surface area contributed by atoms with Crippen molar-refractivity contribution in [2.75, 3.05) is 19.8 Å². The number of carbonyl (C=O) groups is 3. The van der Waals surface area contributed by atoms with Crippen molar-refractivity contribution >= 4 is 18.0 Å². The van der Waals surface area contributed by atoms with Gasteiger partial charge in [0.25, 0.3) is 0 Å². The zero-order chi connectivity index (χ0) is 24.9. The predicted molar refractivity (Wildman–Crippen MR) is 130 cm³/mol. The molecule has 1 aliphatic carbocycles. The number of carboxylic acids is 1. The lowest BCUT2D eigenvalue weighted by molar-refractivity contribution is -0.141. The van der Waals surface area contributed by atoms with Crippen molar-refractivity contribution < 1.29 is 29.0 Å². The number of carbonyl (C=O) groups excluding carboxylic acids is 2. The van der Waals surface area contributed by atoms with Gasteiger partial charge in [-0.25, -0.2) is 4.79 Å². The van der Waals surface area contributed by atoms with Gasteiger partial charge < -0.3 is 25.2 Å². The molecule has 2 aliphatic rings. The van der Waals surface area contributed by atoms with Crippen molar-refractivity contribution in [2.45, 2.75) is 44.8 Å². The van der Waals surface area contributed by atoms with Crippen LogP contribution in [0.5, 0.6) is 0 Å². The van der Waals surface area contributed by atoms with Gasteiger partial charge in [-0.15, -0.1) is 0 Å². The van der Waals surface area contributed by atoms with Gasteiger partial charge >= 0.3 is 12.1 Å². The molecule has 2 amide bonds. The lowest BCUT2D eigenvalue weighted by atomic mass is 9.98. The van der Waals surface area contributed by atoms with Crippen LogP contribution < -0.4 is 10.6 Å². The van der Waals surface area contributed by atoms with Gasteiger partial charge in [0.05, 0.1) is 18.6 Å². The summed E-state index contributed by atoms with van der Waals surface area (Å²) < 4.78 is 11.1. The first-order valence-corrected chi connectivity index (χ1v) is 12.1. The highest BCUT2D eigenvalue weighted by atomic mass is 16.5. The van der Waals surface area contributed by atoms with E-state index in [1.807, 2.05) is 38.1 Å². The van der Waals surface area contributed by atoms with E-state index in [0.29, 0.717) is 12.8 Å². The van der Waals surface area contributed by atoms with Crippen molar-refractivity contribution in [1.29, 1.82) is 0 Å². The van der Waals surface area contributed by atoms with Gasteiger partial charge in [0.2, 0.25) is 5.91 Å². The van der Waals surface area contributed by atoms with Crippen LogP contribution in [0.25, 0.3) is 11.1 Å². The van der Waals surface area contributed by atoms with Crippen molar-refractivity contribution in [1.82, 2.24) is 10.6 Å². The number of hydrogen-bond donors (Lipinski definition) is 3. The normalized spacial score (nSPS) is 19.6. The summed E-state index contributed by atoms with van der Waals surface area (Å²) in [4.78, 5) is 36.6. The number of ether oxygens (including phenoxy) is 2. The van der Waals surface area contributed by atoms with E-state index in [4.69, 9.17) is 14.6 Å². The van der Waals surface area contributed by atoms with Gasteiger partial charge in [0.15, 0.2) is 0 Å². The third-order valence-electron chi connectivity index (χ3n) is 6.59. The Balaban J connectivity index is 1.33. The number of hydrogen-bond acceptors (Lipinski definition) is 5. The number of aliphatic carboxylic acids is 1. The molecule has 0 radical (unpaired) electrons. The van der Waals surface area contributed by atoms with Gasteiger partial charge in [0.1, 0.15) is 12.6 Å². The van der Waals surface area contributed by atoms with E-state index in [1.165, 1.54) is 0 Å². The summed E-state index contributed by atoms with van der Waals surface area (Å²) in [5.41, 5.74) is 4.53. The molecule has 1 heterocycles. The maximum absolute atomic E-state index is 12.8. The van der Waals surface area contributed by atoms with Crippen molar-refractivity contribution in [2.24, 2.45) is 11.8 Å². The van der Waals surface area contributed by atoms with E-state index in [1.54, 1.807) is 0 Å². The molecular weight excluding hydrogens is 448 g/mol. The third kappa shape index (κ3) is 5.82. The van der Waals surface area contributed by atoms with Crippen LogP contribution >= 0.6 is 0 Å². The highest BCUT2D eigenvalue weighted by Crippen LogP contribution is 2.44. The van der Waals surface area contributed by atoms with E-state index < -0.39 is 24.0 Å². The van der Waals surface area contributed by atoms with E-state index in [0.717, 1.165) is 22.3 Å². The third-order valence-corrected chi connectivity index (χ3v) is 6.59. The monoisotopic (exact) mass is 480 g/mol. The summed E-state index contributed by atoms with van der Waals surface area (Å²) in [6, 6.07) is 15.4. The minimum absolute atomic E-state index is 0.0628. The summed E-state index contributed by atoms with van der Waals surface area (Å²) >= 11 is 0. The van der Waals surface area contributed by atoms with Crippen LogP contribution in [0.3, 0.4) is 0 Å². The van der Waals surface area contributed by atoms with Gasteiger partial charge in [-0.05, 0) is 41.0 Å². The fraction of sp³-hybridized carbons (Fsp3) is 0.444. The van der Waals surface area contributed by atoms with Gasteiger partial charge in [0, 0.05) is 12.5 Å². The Morgan fingerprint density at radius 3 is 2.26 bits per heavy atom. The van der Waals surface area contributed by atoms with Crippen LogP contribution in [0, 0.1) is 11.8 Å². The van der Waals surface area contributed by atoms with E-state index >= 15 is 0 Å². The molecule has 0 spiro atoms. The van der Waals surface area contributed by atoms with Crippen LogP contribution in [0.4, 0.5) is 4.79 Å². The minimum atomic E-state index is -0.895. The standard InChI is InChI=1S/C27H32N2O6/c1-16(2)11-24(25(30)28-13-18-12-17(14-34-18)26(31)32)29-27(33)35-15-23-21-9-5-3-7-19(21)20-8-4-6-10-22(20)23/h3-10,16-18,23-24H,11-15H2,1-2H3,(H,28,30)(H,29,33)(H,31,32)/t17-,18-,24+/m0/s1. The Kier molecular flexibility index (Phi) is 7.70. The molecular formula is C27H32N2O6. The molecule has 1 fully saturated rings. The Hall–Kier alpha value is -3.39. The number of amides is 2. The minimum Gasteiger partial charge on any atom is -0.481 e. The van der Waals surface area contributed by atoms with Gasteiger partial charge in [-0.1, -0.05) is 62.4 Å². The molecule has 35 heavy (non-hydrogen) atoms. The molecule has 8 heteroatoms. The maximum atomic E-state index is 12.8. The molecule has 0 saturated carbocycles. The molecule has 2 aromatic carbocycles. The Morgan fingerprint density at radius 1 is 1.06 bits per heavy atom. The predicted octanol–water partition coefficient (Wildman–Crippen LogP) is 3.55. The second kappa shape index (κ2) is 10.9. The SMILES string of the molecule is CC(C)C[C@@H](NC(=O)OCC1c2ccccc2-c2ccccc21)C(=O)NC[C@@H]1C[C@H](C(=O)O)CO1. The van der Waals surface area contributed by atoms with Crippen molar-refractivity contribution in [3.05, 3.63) is 59.7 Å². The summed E-state index contributed by atoms with van der Waals surface area (Å²) in [7, 11) is 0. The summed E-state index contributed by atoms with van der Waals surface area (Å²) in [6.45, 7) is 4.45. The lowest BCUT2D eigenvalue weighted by Crippen LogP contribution is -2.49. The van der Waals surface area contributed by atoms with Gasteiger partial charge in [-0.2, -0.15) is 0 Å². The number of fused-ring (bicyclic) bond motifs is 3. The molecule has 186 valence electrons. The molecule has 1 aliphatic heterocycles. The van der Waals surface area contributed by atoms with Crippen LogP contribution in [0.2, 0.25) is 0 Å². The molecule has 3 atom stereocenters. The van der Waals surface area contributed by atoms with Crippen LogP contribution in [0.15, 0.2) is 48.5 Å². The van der Waals surface area contributed by atoms with Crippen molar-refractivity contribution in [3.8, 4) is 11.1 Å². The smallest absolute Gasteiger partial charge is 0.407 e. The summed E-state index contributed by atoms with van der Waals surface area (Å²) in [5.74, 6) is -1.68. The number of benzene rings is 2. The molecule has 1 saturated heterocycles.